The summed E-state index contributed by atoms with van der Waals surface area (Å²) in [7, 11) is 1.60. The summed E-state index contributed by atoms with van der Waals surface area (Å²) in [6.45, 7) is 2.15. The standard InChI is InChI=1S/C20H20N4O4/c1-14(15-7-5-8-18(10-15)28-2)22-20(25)19-9-4-3-6-16(19)12-23-13-17(11-21-23)24(26)27/h3-11,13-14H,12H2,1-2H3,(H,22,25)/t14-/m1/s1. The highest BCUT2D eigenvalue weighted by Gasteiger charge is 2.16. The number of hydrogen-bond donors (Lipinski definition) is 1. The van der Waals surface area contributed by atoms with Crippen LogP contribution in [0.25, 0.3) is 0 Å². The van der Waals surface area contributed by atoms with E-state index in [1.807, 2.05) is 37.3 Å². The van der Waals surface area contributed by atoms with E-state index in [9.17, 15) is 14.9 Å². The quantitative estimate of drug-likeness (QED) is 0.501. The first-order valence-corrected chi connectivity index (χ1v) is 8.67. The van der Waals surface area contributed by atoms with E-state index >= 15 is 0 Å². The highest BCUT2D eigenvalue weighted by atomic mass is 16.6. The van der Waals surface area contributed by atoms with Crippen LogP contribution in [-0.4, -0.2) is 27.7 Å². The van der Waals surface area contributed by atoms with E-state index in [1.165, 1.54) is 17.1 Å². The number of hydrogen-bond acceptors (Lipinski definition) is 5. The van der Waals surface area contributed by atoms with Crippen LogP contribution >= 0.6 is 0 Å². The van der Waals surface area contributed by atoms with E-state index in [-0.39, 0.29) is 24.2 Å². The minimum Gasteiger partial charge on any atom is -0.497 e. The van der Waals surface area contributed by atoms with Crippen molar-refractivity contribution in [3.05, 3.63) is 87.7 Å². The molecule has 144 valence electrons. The Morgan fingerprint density at radius 2 is 2.07 bits per heavy atom. The molecule has 8 heteroatoms. The number of nitro groups is 1. The molecule has 0 aliphatic rings. The van der Waals surface area contributed by atoms with Crippen molar-refractivity contribution in [2.75, 3.05) is 7.11 Å². The Balaban J connectivity index is 1.77. The van der Waals surface area contributed by atoms with Crippen LogP contribution in [0.2, 0.25) is 0 Å². The van der Waals surface area contributed by atoms with Gasteiger partial charge in [-0.2, -0.15) is 5.10 Å². The van der Waals surface area contributed by atoms with Crippen LogP contribution in [0, 0.1) is 10.1 Å². The van der Waals surface area contributed by atoms with Gasteiger partial charge in [-0.15, -0.1) is 0 Å². The first kappa shape index (κ1) is 19.1. The molecule has 1 heterocycles. The van der Waals surface area contributed by atoms with Crippen LogP contribution in [-0.2, 0) is 6.54 Å². The third-order valence-electron chi connectivity index (χ3n) is 4.37. The summed E-state index contributed by atoms with van der Waals surface area (Å²) < 4.78 is 6.67. The summed E-state index contributed by atoms with van der Waals surface area (Å²) >= 11 is 0. The maximum Gasteiger partial charge on any atom is 0.307 e. The SMILES string of the molecule is COc1cccc([C@@H](C)NC(=O)c2ccccc2Cn2cc([N+](=O)[O-])cn2)c1. The van der Waals surface area contributed by atoms with Gasteiger partial charge in [0.15, 0.2) is 0 Å². The van der Waals surface area contributed by atoms with E-state index in [2.05, 4.69) is 10.4 Å². The number of carbonyl (C=O) groups is 1. The van der Waals surface area contributed by atoms with Crippen molar-refractivity contribution in [1.29, 1.82) is 0 Å². The number of nitrogens with zero attached hydrogens (tertiary/aromatic N) is 3. The lowest BCUT2D eigenvalue weighted by atomic mass is 10.0. The molecule has 1 amide bonds. The zero-order chi connectivity index (χ0) is 20.1. The zero-order valence-electron chi connectivity index (χ0n) is 15.5. The maximum absolute atomic E-state index is 12.8. The molecule has 0 unspecified atom stereocenters. The number of methoxy groups -OCH3 is 1. The van der Waals surface area contributed by atoms with Gasteiger partial charge in [0, 0.05) is 5.56 Å². The van der Waals surface area contributed by atoms with E-state index < -0.39 is 4.92 Å². The molecule has 0 aliphatic heterocycles. The Morgan fingerprint density at radius 3 is 2.79 bits per heavy atom. The van der Waals surface area contributed by atoms with Crippen molar-refractivity contribution < 1.29 is 14.5 Å². The van der Waals surface area contributed by atoms with Crippen LogP contribution in [0.15, 0.2) is 60.9 Å². The summed E-state index contributed by atoms with van der Waals surface area (Å²) in [4.78, 5) is 23.1. The average molecular weight is 380 g/mol. The Hall–Kier alpha value is -3.68. The number of amides is 1. The molecule has 8 nitrogen and oxygen atoms in total. The molecule has 1 atom stereocenters. The monoisotopic (exact) mass is 380 g/mol. The third-order valence-corrected chi connectivity index (χ3v) is 4.37. The van der Waals surface area contributed by atoms with Crippen LogP contribution in [0.3, 0.4) is 0 Å². The minimum atomic E-state index is -0.502. The fourth-order valence-electron chi connectivity index (χ4n) is 2.86. The van der Waals surface area contributed by atoms with Crippen molar-refractivity contribution in [2.45, 2.75) is 19.5 Å². The summed E-state index contributed by atoms with van der Waals surface area (Å²) in [6, 6.07) is 14.4. The van der Waals surface area contributed by atoms with Gasteiger partial charge in [-0.05, 0) is 36.2 Å². The Labute approximate surface area is 161 Å². The van der Waals surface area contributed by atoms with Crippen molar-refractivity contribution in [3.63, 3.8) is 0 Å². The van der Waals surface area contributed by atoms with Crippen molar-refractivity contribution in [2.24, 2.45) is 0 Å². The van der Waals surface area contributed by atoms with Gasteiger partial charge in [-0.25, -0.2) is 0 Å². The number of carbonyl (C=O) groups excluding carboxylic acids is 1. The number of ether oxygens (including phenoxy) is 1. The molecule has 0 saturated heterocycles. The molecule has 1 N–H and O–H groups in total. The molecular weight excluding hydrogens is 360 g/mol. The highest BCUT2D eigenvalue weighted by Crippen LogP contribution is 2.20. The number of benzene rings is 2. The molecule has 28 heavy (non-hydrogen) atoms. The Morgan fingerprint density at radius 1 is 1.29 bits per heavy atom. The van der Waals surface area contributed by atoms with Gasteiger partial charge in [-0.3, -0.25) is 19.6 Å². The molecule has 1 aromatic heterocycles. The normalized spacial score (nSPS) is 11.6. The van der Waals surface area contributed by atoms with Crippen LogP contribution in [0.4, 0.5) is 5.69 Å². The van der Waals surface area contributed by atoms with Gasteiger partial charge in [-0.1, -0.05) is 30.3 Å². The summed E-state index contributed by atoms with van der Waals surface area (Å²) in [5.41, 5.74) is 2.05. The third kappa shape index (κ3) is 4.35. The number of aromatic nitrogens is 2. The topological polar surface area (TPSA) is 99.3 Å². The smallest absolute Gasteiger partial charge is 0.307 e. The van der Waals surface area contributed by atoms with Gasteiger partial charge in [0.1, 0.15) is 18.1 Å². The molecule has 3 aromatic rings. The second-order valence-corrected chi connectivity index (χ2v) is 6.28. The maximum atomic E-state index is 12.8. The fourth-order valence-corrected chi connectivity index (χ4v) is 2.86. The molecular formula is C20H20N4O4. The first-order chi connectivity index (χ1) is 13.5. The summed E-state index contributed by atoms with van der Waals surface area (Å²) in [5.74, 6) is 0.492. The largest absolute Gasteiger partial charge is 0.497 e. The molecule has 0 fully saturated rings. The van der Waals surface area contributed by atoms with Crippen LogP contribution in [0.1, 0.15) is 34.5 Å². The van der Waals surface area contributed by atoms with Crippen molar-refractivity contribution in [1.82, 2.24) is 15.1 Å². The van der Waals surface area contributed by atoms with Gasteiger partial charge < -0.3 is 10.1 Å². The van der Waals surface area contributed by atoms with Gasteiger partial charge >= 0.3 is 5.69 Å². The lowest BCUT2D eigenvalue weighted by Gasteiger charge is -2.17. The lowest BCUT2D eigenvalue weighted by molar-refractivity contribution is -0.385. The second-order valence-electron chi connectivity index (χ2n) is 6.28. The second kappa shape index (κ2) is 8.34. The lowest BCUT2D eigenvalue weighted by Crippen LogP contribution is -2.27. The van der Waals surface area contributed by atoms with E-state index in [1.54, 1.807) is 25.3 Å². The van der Waals surface area contributed by atoms with E-state index in [0.717, 1.165) is 16.9 Å². The molecule has 3 rings (SSSR count). The number of nitrogens with one attached hydrogen (secondary N) is 1. The Bertz CT molecular complexity index is 999. The molecule has 0 radical (unpaired) electrons. The fraction of sp³-hybridized carbons (Fsp3) is 0.200. The van der Waals surface area contributed by atoms with Crippen LogP contribution < -0.4 is 10.1 Å². The van der Waals surface area contributed by atoms with Crippen LogP contribution in [0.5, 0.6) is 5.75 Å². The van der Waals surface area contributed by atoms with E-state index in [0.29, 0.717) is 5.56 Å². The van der Waals surface area contributed by atoms with Gasteiger partial charge in [0.25, 0.3) is 5.91 Å². The van der Waals surface area contributed by atoms with E-state index in [4.69, 9.17) is 4.74 Å². The van der Waals surface area contributed by atoms with Gasteiger partial charge in [0.05, 0.1) is 24.6 Å². The molecule has 2 aromatic carbocycles. The van der Waals surface area contributed by atoms with Gasteiger partial charge in [0.2, 0.25) is 0 Å². The molecule has 0 aliphatic carbocycles. The van der Waals surface area contributed by atoms with Crippen molar-refractivity contribution >= 4 is 11.6 Å². The minimum absolute atomic E-state index is 0.0893. The summed E-state index contributed by atoms with van der Waals surface area (Å²) in [5, 5.41) is 17.8. The molecule has 0 saturated carbocycles. The predicted octanol–water partition coefficient (Wildman–Crippen LogP) is 3.34. The van der Waals surface area contributed by atoms with Crippen molar-refractivity contribution in [3.8, 4) is 5.75 Å². The first-order valence-electron chi connectivity index (χ1n) is 8.67. The Kier molecular flexibility index (Phi) is 5.69. The summed E-state index contributed by atoms with van der Waals surface area (Å²) in [6.07, 6.45) is 2.53. The molecule has 0 spiro atoms. The zero-order valence-corrected chi connectivity index (χ0v) is 15.5. The molecule has 0 bridgehead atoms. The average Bonchev–Trinajstić information content (AvgIpc) is 3.17. The number of rotatable bonds is 7. The highest BCUT2D eigenvalue weighted by molar-refractivity contribution is 5.95. The predicted molar refractivity (Wildman–Crippen MR) is 103 cm³/mol.